The fraction of sp³-hybridized carbons (Fsp3) is 0.427. The maximum Gasteiger partial charge on any atom is 0.407 e. The fourth-order valence-corrected chi connectivity index (χ4v) is 14.1. The number of hydrogen-bond donors (Lipinski definition) is 7. The van der Waals surface area contributed by atoms with Crippen LogP contribution in [0.1, 0.15) is 89.6 Å². The van der Waals surface area contributed by atoms with Gasteiger partial charge in [-0.15, -0.1) is 0 Å². The van der Waals surface area contributed by atoms with Gasteiger partial charge in [-0.3, -0.25) is 34.1 Å². The number of unbranched alkanes of at least 4 members (excludes halogenated alkanes) is 1. The van der Waals surface area contributed by atoms with Crippen LogP contribution in [-0.2, 0) is 129 Å². The molecule has 0 unspecified atom stereocenters. The van der Waals surface area contributed by atoms with Crippen LogP contribution in [0.3, 0.4) is 0 Å². The van der Waals surface area contributed by atoms with E-state index >= 15 is 0 Å². The number of phenolic OH excluding ortho intramolecular Hbond substituents is 1. The molecule has 0 fully saturated rings. The van der Waals surface area contributed by atoms with Gasteiger partial charge >= 0.3 is 18.0 Å². The number of aromatic hydroxyl groups is 1. The van der Waals surface area contributed by atoms with Crippen molar-refractivity contribution in [3.8, 4) is 22.9 Å². The van der Waals surface area contributed by atoms with E-state index in [-0.39, 0.29) is 82.2 Å². The number of amides is 5. The molecule has 33 heteroatoms. The number of rotatable bonds is 55. The second-order valence-corrected chi connectivity index (χ2v) is 28.3. The minimum atomic E-state index is -2.05. The van der Waals surface area contributed by atoms with Gasteiger partial charge in [0.25, 0.3) is 5.56 Å². The summed E-state index contributed by atoms with van der Waals surface area (Å²) in [5, 5.41) is 32.0. The Morgan fingerprint density at radius 2 is 1.20 bits per heavy atom. The first kappa shape index (κ1) is 92.6. The van der Waals surface area contributed by atoms with Gasteiger partial charge in [-0.1, -0.05) is 134 Å². The molecule has 0 bridgehead atoms. The van der Waals surface area contributed by atoms with E-state index in [0.717, 1.165) is 33.2 Å². The van der Waals surface area contributed by atoms with Crippen LogP contribution in [0.4, 0.5) is 10.5 Å². The summed E-state index contributed by atoms with van der Waals surface area (Å²) in [4.78, 5) is 118. The van der Waals surface area contributed by atoms with Gasteiger partial charge in [-0.2, -0.15) is 0 Å². The van der Waals surface area contributed by atoms with Gasteiger partial charge in [-0.05, 0) is 126 Å². The smallest absolute Gasteiger partial charge is 0.407 e. The molecule has 8 aromatic rings. The zero-order valence-corrected chi connectivity index (χ0v) is 68.9. The van der Waals surface area contributed by atoms with E-state index in [1.807, 2.05) is 73.7 Å². The summed E-state index contributed by atoms with van der Waals surface area (Å²) in [6.45, 7) is 8.24. The molecule has 2 aromatic heterocycles. The summed E-state index contributed by atoms with van der Waals surface area (Å²) in [6.07, 6.45) is 0.581. The summed E-state index contributed by atoms with van der Waals surface area (Å²) in [5.74, 6) is -3.58. The van der Waals surface area contributed by atoms with Crippen molar-refractivity contribution in [1.29, 1.82) is 0 Å². The van der Waals surface area contributed by atoms with Crippen molar-refractivity contribution in [1.82, 2.24) is 36.1 Å². The first-order chi connectivity index (χ1) is 59.6. The molecule has 2 aliphatic rings. The third-order valence-corrected chi connectivity index (χ3v) is 20.2. The number of aryl methyl sites for hydroxylation is 1. The molecule has 2 aliphatic heterocycles. The van der Waals surface area contributed by atoms with Gasteiger partial charge in [0.2, 0.25) is 29.2 Å². The number of aromatic nitrogens is 2. The number of anilines is 1. The number of ether oxygens (including phenoxy) is 13. The third-order valence-electron chi connectivity index (χ3n) is 20.2. The molecule has 0 saturated carbocycles. The summed E-state index contributed by atoms with van der Waals surface area (Å²) in [6, 6.07) is 47.6. The summed E-state index contributed by atoms with van der Waals surface area (Å²) < 4.78 is 73.4. The topological polar surface area (TPSA) is 416 Å². The lowest BCUT2D eigenvalue weighted by atomic mass is 9.77. The van der Waals surface area contributed by atoms with Crippen LogP contribution < -0.4 is 42.2 Å². The first-order valence-corrected chi connectivity index (χ1v) is 40.8. The Bertz CT molecular complexity index is 4770. The van der Waals surface area contributed by atoms with Crippen LogP contribution in [-0.4, -0.2) is 221 Å². The van der Waals surface area contributed by atoms with Crippen molar-refractivity contribution in [3.05, 3.63) is 235 Å². The van der Waals surface area contributed by atoms with Crippen LogP contribution >= 0.6 is 0 Å². The number of fused-ring (bicyclic) bond motifs is 5. The molecule has 6 aromatic carbocycles. The van der Waals surface area contributed by atoms with Crippen molar-refractivity contribution in [3.63, 3.8) is 0 Å². The zero-order valence-electron chi connectivity index (χ0n) is 68.9. The van der Waals surface area contributed by atoms with Gasteiger partial charge in [0.15, 0.2) is 0 Å². The molecule has 0 radical (unpaired) electrons. The third kappa shape index (κ3) is 26.9. The molecule has 122 heavy (non-hydrogen) atoms. The lowest BCUT2D eigenvalue weighted by molar-refractivity contribution is -0.188. The summed E-state index contributed by atoms with van der Waals surface area (Å²) >= 11 is 0. The van der Waals surface area contributed by atoms with Gasteiger partial charge in [0.1, 0.15) is 56.6 Å². The number of hydrogen-bond acceptors (Lipinski definition) is 25. The molecule has 10 rings (SSSR count). The Balaban J connectivity index is 0.689. The van der Waals surface area contributed by atoms with Crippen molar-refractivity contribution in [2.75, 3.05) is 158 Å². The zero-order chi connectivity index (χ0) is 86.2. The number of nitrogens with one attached hydrogen (secondary N) is 6. The summed E-state index contributed by atoms with van der Waals surface area (Å²) in [7, 11) is 1.62. The number of benzene rings is 6. The number of alkyl carbamates (subject to hydrolysis) is 1. The van der Waals surface area contributed by atoms with Crippen LogP contribution in [0.5, 0.6) is 11.5 Å². The van der Waals surface area contributed by atoms with Crippen molar-refractivity contribution in [2.45, 2.75) is 95.4 Å². The second kappa shape index (κ2) is 49.3. The molecule has 4 heterocycles. The lowest BCUT2D eigenvalue weighted by Crippen LogP contribution is -2.54. The lowest BCUT2D eigenvalue weighted by Gasteiger charge is -2.37. The van der Waals surface area contributed by atoms with E-state index in [9.17, 15) is 43.5 Å². The average molecular weight is 1680 g/mol. The highest BCUT2D eigenvalue weighted by Crippen LogP contribution is 2.43. The van der Waals surface area contributed by atoms with E-state index in [1.165, 1.54) is 6.07 Å². The molecule has 0 spiro atoms. The number of esters is 2. The number of nitrogens with zero attached hydrogens (tertiary/aromatic N) is 5. The predicted molar refractivity (Wildman–Crippen MR) is 449 cm³/mol. The number of carbonyl (C=O) groups is 7. The second-order valence-electron chi connectivity index (χ2n) is 28.3. The van der Waals surface area contributed by atoms with Crippen molar-refractivity contribution in [2.24, 2.45) is 5.11 Å². The Labute approximate surface area is 707 Å². The first-order valence-electron chi connectivity index (χ1n) is 40.8. The monoisotopic (exact) mass is 1680 g/mol. The molecule has 7 N–H and O–H groups in total. The number of cyclic esters (lactones) is 1. The van der Waals surface area contributed by atoms with Gasteiger partial charge < -0.3 is 97.8 Å². The number of pyridine rings is 2. The quantitative estimate of drug-likeness (QED) is 0.00358. The standard InChI is InChI=1S/C89H107N11O22/c1-4-70-71-54-68(101)30-33-75(71)97-82-72(70)57-100-78(82)55-74-73(85(100)107)59-120-86(108)88(74,5-2)122-81(104)56-92-87(109)121-58-63-24-28-67(29-25-63)95-83(105)76(23-15-16-34-93-89(64-19-11-7-12-20-64,65-21-13-8-14-22-65)66-26-31-69(110-3)32-27-66)98-84(106)77(53-62-17-9-6-10-18-62)96-80(103)61-119-60-79(102)91-35-37-111-39-41-113-43-45-115-47-49-117-51-52-118-50-48-116-46-44-114-42-40-112-38-36-94-99-90/h6-14,17-22,24-33,54-55,76-77,93,101H,4-5,15-16,23,34-53,56-61H2,1-3H3,(H,91,102)(H,92,109)(H,95,105)(H,96,103)(H,98,106)/t76-,77-,88-/m0/s1. The van der Waals surface area contributed by atoms with E-state index in [4.69, 9.17) is 72.1 Å². The maximum absolute atomic E-state index is 14.7. The molecule has 650 valence electrons. The molecular weight excluding hydrogens is 1580 g/mol. The van der Waals surface area contributed by atoms with E-state index in [2.05, 4.69) is 66.2 Å². The highest BCUT2D eigenvalue weighted by Gasteiger charge is 2.51. The largest absolute Gasteiger partial charge is 0.508 e. The van der Waals surface area contributed by atoms with Crippen LogP contribution in [0.2, 0.25) is 0 Å². The highest BCUT2D eigenvalue weighted by molar-refractivity contribution is 5.99. The molecule has 0 aliphatic carbocycles. The van der Waals surface area contributed by atoms with E-state index in [1.54, 1.807) is 85.3 Å². The fourth-order valence-electron chi connectivity index (χ4n) is 14.1. The number of methoxy groups -OCH3 is 1. The Hall–Kier alpha value is -11.7. The molecule has 5 amide bonds. The SMILES string of the molecule is CCc1c2c(nc3ccc(O)cc13)-c1cc3c(c(=O)n1C2)COC(=O)[C@@]3(CC)OC(=O)CNC(=O)OCc1ccc(NC(=O)[C@H](CCCCNC(c2ccccc2)(c2ccccc2)c2ccc(OC)cc2)NC(=O)[C@H](Cc2ccccc2)NC(=O)COCC(=O)NCCOCCOCCOCCOCCOCCOCCOCCOCCN=[N+]=[N-])cc1. The van der Waals surface area contributed by atoms with E-state index < -0.39 is 90.2 Å². The normalized spacial score (nSPS) is 13.7. The van der Waals surface area contributed by atoms with Gasteiger partial charge in [0.05, 0.1) is 147 Å². The Kier molecular flexibility index (Phi) is 37.4. The number of carbonyl (C=O) groups excluding carboxylic acids is 7. The molecule has 0 saturated heterocycles. The Morgan fingerprint density at radius 1 is 0.615 bits per heavy atom. The number of phenols is 1. The van der Waals surface area contributed by atoms with Crippen LogP contribution in [0.15, 0.2) is 174 Å². The minimum absolute atomic E-state index is 0.0270. The highest BCUT2D eigenvalue weighted by atomic mass is 16.6. The van der Waals surface area contributed by atoms with Crippen LogP contribution in [0, 0.1) is 0 Å². The van der Waals surface area contributed by atoms with Crippen molar-refractivity contribution >= 4 is 58.3 Å². The summed E-state index contributed by atoms with van der Waals surface area (Å²) in [5.41, 5.74) is 12.9. The average Bonchev–Trinajstić information content (AvgIpc) is 1.37. The molecule has 3 atom stereocenters. The van der Waals surface area contributed by atoms with Gasteiger partial charge in [0, 0.05) is 46.6 Å². The van der Waals surface area contributed by atoms with E-state index in [0.29, 0.717) is 158 Å². The van der Waals surface area contributed by atoms with Crippen molar-refractivity contribution < 1.29 is 100 Å². The van der Waals surface area contributed by atoms with Crippen LogP contribution in [0.25, 0.3) is 32.7 Å². The molecule has 33 nitrogen and oxygen atoms in total. The predicted octanol–water partition coefficient (Wildman–Crippen LogP) is 8.31. The number of azide groups is 1. The Morgan fingerprint density at radius 3 is 1.79 bits per heavy atom. The maximum atomic E-state index is 14.7. The van der Waals surface area contributed by atoms with Gasteiger partial charge in [-0.25, -0.2) is 14.6 Å². The minimum Gasteiger partial charge on any atom is -0.508 e. The molecular formula is C89H107N11O22.